The number of hydrogen-bond donors (Lipinski definition) is 2. The van der Waals surface area contributed by atoms with Gasteiger partial charge >= 0.3 is 0 Å². The van der Waals surface area contributed by atoms with E-state index in [2.05, 4.69) is 11.8 Å². The predicted molar refractivity (Wildman–Crippen MR) is 170 cm³/mol. The van der Waals surface area contributed by atoms with Crippen LogP contribution in [0.1, 0.15) is 75.3 Å². The fourth-order valence-corrected chi connectivity index (χ4v) is 6.18. The van der Waals surface area contributed by atoms with Crippen LogP contribution in [0.2, 0.25) is 0 Å². The third-order valence-corrected chi connectivity index (χ3v) is 9.08. The molecule has 2 aliphatic heterocycles. The first-order valence-electron chi connectivity index (χ1n) is 15.3. The molecule has 8 heteroatoms. The summed E-state index contributed by atoms with van der Waals surface area (Å²) in [5.41, 5.74) is 4.50. The average Bonchev–Trinajstić information content (AvgIpc) is 3.34. The maximum absolute atomic E-state index is 13.2. The first-order valence-corrected chi connectivity index (χ1v) is 15.3. The number of likely N-dealkylation sites (N-methyl/N-ethyl adjacent to an activating group) is 1. The molecule has 4 aromatic rings. The Morgan fingerprint density at radius 2 is 1.47 bits per heavy atom. The van der Waals surface area contributed by atoms with Crippen molar-refractivity contribution in [2.45, 2.75) is 51.1 Å². The second-order valence-corrected chi connectivity index (χ2v) is 11.9. The highest BCUT2D eigenvalue weighted by atomic mass is 16.7. The molecule has 2 aliphatic rings. The molecule has 2 N–H and O–H groups in total. The van der Waals surface area contributed by atoms with Crippen LogP contribution >= 0.6 is 0 Å². The van der Waals surface area contributed by atoms with E-state index in [9.17, 15) is 19.8 Å². The number of ether oxygens (including phenoxy) is 2. The topological polar surface area (TPSA) is 99.5 Å². The number of imide groups is 1. The van der Waals surface area contributed by atoms with Crippen molar-refractivity contribution in [3.63, 3.8) is 0 Å². The van der Waals surface area contributed by atoms with Gasteiger partial charge in [-0.1, -0.05) is 85.8 Å². The van der Waals surface area contributed by atoms with Crippen molar-refractivity contribution in [3.05, 3.63) is 137 Å². The van der Waals surface area contributed by atoms with Crippen molar-refractivity contribution >= 4 is 17.5 Å². The summed E-state index contributed by atoms with van der Waals surface area (Å²) in [5.74, 6) is -0.789. The van der Waals surface area contributed by atoms with E-state index in [0.717, 1.165) is 16.7 Å². The van der Waals surface area contributed by atoms with E-state index in [1.165, 1.54) is 4.90 Å². The average molecular weight is 607 g/mol. The Morgan fingerprint density at radius 1 is 0.822 bits per heavy atom. The van der Waals surface area contributed by atoms with Gasteiger partial charge in [0.15, 0.2) is 6.29 Å². The first-order chi connectivity index (χ1) is 21.8. The summed E-state index contributed by atoms with van der Waals surface area (Å²) in [6, 6.07) is 31.1. The van der Waals surface area contributed by atoms with Gasteiger partial charge in [-0.3, -0.25) is 14.5 Å². The zero-order chi connectivity index (χ0) is 31.7. The molecule has 0 unspecified atom stereocenters. The lowest BCUT2D eigenvalue weighted by Crippen LogP contribution is -2.46. The summed E-state index contributed by atoms with van der Waals surface area (Å²) in [6.45, 7) is 4.56. The number of aliphatic hydroxyl groups is 2. The van der Waals surface area contributed by atoms with Crippen molar-refractivity contribution < 1.29 is 29.3 Å². The van der Waals surface area contributed by atoms with E-state index >= 15 is 0 Å². The summed E-state index contributed by atoms with van der Waals surface area (Å²) < 4.78 is 13.3. The lowest BCUT2D eigenvalue weighted by atomic mass is 9.89. The van der Waals surface area contributed by atoms with Gasteiger partial charge in [0.05, 0.1) is 41.7 Å². The quantitative estimate of drug-likeness (QED) is 0.232. The highest BCUT2D eigenvalue weighted by molar-refractivity contribution is 6.34. The normalized spacial score (nSPS) is 22.8. The highest BCUT2D eigenvalue weighted by Crippen LogP contribution is 2.43. The fraction of sp³-hybridized carbons (Fsp3) is 0.297. The van der Waals surface area contributed by atoms with E-state index in [1.807, 2.05) is 74.6 Å². The SMILES string of the molecule is C[C@@H]1[C@H](CN(C)[C@H](C)[C@@H](O)c2ccccc2)O[C@H](c2cccc(N3C(=O)c4ccccc4C3=O)c2)O[C@@H]1c1ccc(CO)cc1. The maximum Gasteiger partial charge on any atom is 0.266 e. The van der Waals surface area contributed by atoms with E-state index in [-0.39, 0.29) is 42.6 Å². The molecule has 0 saturated carbocycles. The third-order valence-electron chi connectivity index (χ3n) is 9.08. The second kappa shape index (κ2) is 13.0. The van der Waals surface area contributed by atoms with E-state index < -0.39 is 12.4 Å². The Balaban J connectivity index is 1.28. The molecule has 2 heterocycles. The summed E-state index contributed by atoms with van der Waals surface area (Å²) >= 11 is 0. The van der Waals surface area contributed by atoms with Gasteiger partial charge in [-0.05, 0) is 54.9 Å². The number of aliphatic hydroxyl groups excluding tert-OH is 2. The number of fused-ring (bicyclic) bond motifs is 1. The molecule has 6 atom stereocenters. The number of hydrogen-bond acceptors (Lipinski definition) is 7. The van der Waals surface area contributed by atoms with Gasteiger partial charge in [-0.25, -0.2) is 4.90 Å². The van der Waals surface area contributed by atoms with E-state index in [1.54, 1.807) is 42.5 Å². The van der Waals surface area contributed by atoms with Crippen molar-refractivity contribution in [1.82, 2.24) is 4.90 Å². The highest BCUT2D eigenvalue weighted by Gasteiger charge is 2.41. The van der Waals surface area contributed by atoms with Gasteiger partial charge in [0.2, 0.25) is 0 Å². The number of amides is 2. The molecule has 2 amide bonds. The Labute approximate surface area is 263 Å². The zero-order valence-electron chi connectivity index (χ0n) is 25.6. The minimum Gasteiger partial charge on any atom is -0.392 e. The third kappa shape index (κ3) is 6.08. The van der Waals surface area contributed by atoms with Crippen LogP contribution in [0.3, 0.4) is 0 Å². The van der Waals surface area contributed by atoms with Crippen molar-refractivity contribution in [2.24, 2.45) is 5.92 Å². The number of benzene rings is 4. The first kappa shape index (κ1) is 30.8. The maximum atomic E-state index is 13.2. The summed E-state index contributed by atoms with van der Waals surface area (Å²) in [4.78, 5) is 29.7. The van der Waals surface area contributed by atoms with Crippen molar-refractivity contribution in [2.75, 3.05) is 18.5 Å². The Kier molecular flexibility index (Phi) is 8.94. The molecule has 6 rings (SSSR count). The largest absolute Gasteiger partial charge is 0.392 e. The monoisotopic (exact) mass is 606 g/mol. The van der Waals surface area contributed by atoms with Crippen LogP contribution in [0, 0.1) is 5.92 Å². The molecule has 0 aliphatic carbocycles. The molecule has 0 bridgehead atoms. The van der Waals surface area contributed by atoms with Crippen LogP contribution in [0.5, 0.6) is 0 Å². The van der Waals surface area contributed by atoms with E-state index in [0.29, 0.717) is 28.9 Å². The molecule has 0 radical (unpaired) electrons. The van der Waals surface area contributed by atoms with Crippen LogP contribution in [-0.2, 0) is 16.1 Å². The predicted octanol–water partition coefficient (Wildman–Crippen LogP) is 5.82. The molecule has 0 spiro atoms. The van der Waals surface area contributed by atoms with E-state index in [4.69, 9.17) is 9.47 Å². The Bertz CT molecular complexity index is 1620. The minimum atomic E-state index is -0.786. The lowest BCUT2D eigenvalue weighted by molar-refractivity contribution is -0.276. The molecule has 4 aromatic carbocycles. The fourth-order valence-electron chi connectivity index (χ4n) is 6.18. The van der Waals surface area contributed by atoms with Crippen LogP contribution in [-0.4, -0.2) is 52.7 Å². The Hall–Kier alpha value is -4.18. The van der Waals surface area contributed by atoms with Crippen LogP contribution in [0.4, 0.5) is 5.69 Å². The summed E-state index contributed by atoms with van der Waals surface area (Å²) in [5, 5.41) is 20.7. The zero-order valence-corrected chi connectivity index (χ0v) is 25.6. The van der Waals surface area contributed by atoms with Gasteiger partial charge in [0, 0.05) is 24.1 Å². The second-order valence-electron chi connectivity index (χ2n) is 11.9. The van der Waals surface area contributed by atoms with Gasteiger partial charge < -0.3 is 19.7 Å². The standard InChI is InChI=1S/C37H38N2O6/c1-23-32(21-38(3)24(2)33(41)26-10-5-4-6-11-26)44-37(45-34(23)27-18-16-25(22-40)17-19-27)28-12-9-13-29(20-28)39-35(42)30-14-7-8-15-31(30)36(39)43/h4-20,23-24,32-34,37,40-41H,21-22H2,1-3H3/t23-,24-,32+,33-,34+,37+/m1/s1. The van der Waals surface area contributed by atoms with Crippen LogP contribution in [0.25, 0.3) is 0 Å². The number of rotatable bonds is 9. The number of carbonyl (C=O) groups is 2. The molecule has 1 fully saturated rings. The van der Waals surface area contributed by atoms with Crippen LogP contribution in [0.15, 0.2) is 103 Å². The number of anilines is 1. The molecule has 8 nitrogen and oxygen atoms in total. The van der Waals surface area contributed by atoms with Gasteiger partial charge in [-0.2, -0.15) is 0 Å². The van der Waals surface area contributed by atoms with Gasteiger partial charge in [0.25, 0.3) is 11.8 Å². The smallest absolute Gasteiger partial charge is 0.266 e. The lowest BCUT2D eigenvalue weighted by Gasteiger charge is -2.43. The molecular weight excluding hydrogens is 568 g/mol. The van der Waals surface area contributed by atoms with Crippen molar-refractivity contribution in [1.29, 1.82) is 0 Å². The summed E-state index contributed by atoms with van der Waals surface area (Å²) in [7, 11) is 1.98. The molecule has 1 saturated heterocycles. The minimum absolute atomic E-state index is 0.0489. The van der Waals surface area contributed by atoms with Crippen LogP contribution < -0.4 is 4.90 Å². The molecule has 232 valence electrons. The van der Waals surface area contributed by atoms with Gasteiger partial charge in [-0.15, -0.1) is 0 Å². The number of nitrogens with zero attached hydrogens (tertiary/aromatic N) is 2. The molecule has 45 heavy (non-hydrogen) atoms. The number of carbonyl (C=O) groups excluding carboxylic acids is 2. The molecular formula is C37H38N2O6. The van der Waals surface area contributed by atoms with Gasteiger partial charge in [0.1, 0.15) is 0 Å². The van der Waals surface area contributed by atoms with Crippen molar-refractivity contribution in [3.8, 4) is 0 Å². The molecule has 0 aromatic heterocycles. The Morgan fingerprint density at radius 3 is 2.11 bits per heavy atom. The summed E-state index contributed by atoms with van der Waals surface area (Å²) in [6.07, 6.45) is -2.09.